The van der Waals surface area contributed by atoms with Crippen LogP contribution < -0.4 is 10.6 Å². The standard InChI is InChI=1S/C16H32N2O4Se2/c1-11(2)7-13(9-17-15(19)21-5)23-24-14(8-12(3)4)10-18-16(20)22-6/h11-14H,7-10H2,1-6H3,(H,17,19)(H,18,20)/t13-,14-/m1/s1. The van der Waals surface area contributed by atoms with Crippen LogP contribution in [-0.2, 0) is 9.47 Å². The maximum absolute atomic E-state index is 11.3. The molecule has 0 spiro atoms. The molecule has 0 radical (unpaired) electrons. The van der Waals surface area contributed by atoms with Crippen molar-refractivity contribution >= 4 is 38.4 Å². The molecule has 0 aromatic rings. The van der Waals surface area contributed by atoms with Gasteiger partial charge in [0.25, 0.3) is 0 Å². The van der Waals surface area contributed by atoms with Crippen molar-refractivity contribution in [3.05, 3.63) is 0 Å². The Morgan fingerprint density at radius 1 is 0.792 bits per heavy atom. The first kappa shape index (κ1) is 23.6. The van der Waals surface area contributed by atoms with Gasteiger partial charge in [-0.25, -0.2) is 0 Å². The second kappa shape index (κ2) is 13.8. The monoisotopic (exact) mass is 476 g/mol. The minimum atomic E-state index is -0.363. The fraction of sp³-hybridized carbons (Fsp3) is 0.875. The van der Waals surface area contributed by atoms with Crippen molar-refractivity contribution in [2.75, 3.05) is 27.3 Å². The summed E-state index contributed by atoms with van der Waals surface area (Å²) in [5, 5.41) is 5.67. The summed E-state index contributed by atoms with van der Waals surface area (Å²) in [6.07, 6.45) is 1.48. The van der Waals surface area contributed by atoms with Gasteiger partial charge in [0.1, 0.15) is 0 Å². The zero-order valence-electron chi connectivity index (χ0n) is 15.6. The van der Waals surface area contributed by atoms with E-state index in [4.69, 9.17) is 0 Å². The summed E-state index contributed by atoms with van der Waals surface area (Å²) in [6, 6.07) is 0. The molecule has 2 atom stereocenters. The first-order chi connectivity index (χ1) is 11.3. The second-order valence-corrected chi connectivity index (χ2v) is 14.2. The van der Waals surface area contributed by atoms with Gasteiger partial charge >= 0.3 is 157 Å². The van der Waals surface area contributed by atoms with Crippen molar-refractivity contribution in [1.82, 2.24) is 10.6 Å². The Kier molecular flexibility index (Phi) is 13.6. The van der Waals surface area contributed by atoms with Crippen LogP contribution in [0.4, 0.5) is 9.59 Å². The van der Waals surface area contributed by atoms with E-state index in [9.17, 15) is 9.59 Å². The molecule has 2 N–H and O–H groups in total. The van der Waals surface area contributed by atoms with Gasteiger partial charge in [-0.05, 0) is 0 Å². The van der Waals surface area contributed by atoms with Gasteiger partial charge in [0.05, 0.1) is 0 Å². The Labute approximate surface area is 157 Å². The molecular weight excluding hydrogens is 442 g/mol. The number of carbonyl (C=O) groups is 2. The van der Waals surface area contributed by atoms with E-state index in [1.165, 1.54) is 14.2 Å². The molecule has 0 saturated heterocycles. The number of alkyl carbamates (subject to hydrolysis) is 2. The molecule has 0 fully saturated rings. The summed E-state index contributed by atoms with van der Waals surface area (Å²) >= 11 is 0.908. The molecule has 0 saturated carbocycles. The van der Waals surface area contributed by atoms with Crippen LogP contribution in [0.2, 0.25) is 9.63 Å². The molecular formula is C16H32N2O4Se2. The SMILES string of the molecule is COC(=O)NC[C@@H](CC(C)C)[Se][Se][C@@H](CNC(=O)OC)CC(C)C. The average Bonchev–Trinajstić information content (AvgIpc) is 2.52. The molecule has 8 heteroatoms. The molecule has 0 bridgehead atoms. The number of amides is 2. The Morgan fingerprint density at radius 3 is 1.38 bits per heavy atom. The number of carbonyl (C=O) groups excluding carboxylic acids is 2. The van der Waals surface area contributed by atoms with Crippen molar-refractivity contribution < 1.29 is 19.1 Å². The Balaban J connectivity index is 4.51. The second-order valence-electron chi connectivity index (χ2n) is 6.44. The quantitative estimate of drug-likeness (QED) is 0.452. The summed E-state index contributed by atoms with van der Waals surface area (Å²) in [5.41, 5.74) is 0. The van der Waals surface area contributed by atoms with Crippen molar-refractivity contribution in [1.29, 1.82) is 0 Å². The zero-order chi connectivity index (χ0) is 18.5. The number of hydrogen-bond acceptors (Lipinski definition) is 4. The molecule has 6 nitrogen and oxygen atoms in total. The molecule has 0 aliphatic heterocycles. The molecule has 0 aliphatic rings. The normalized spacial score (nSPS) is 13.5. The van der Waals surface area contributed by atoms with Crippen LogP contribution in [0.3, 0.4) is 0 Å². The van der Waals surface area contributed by atoms with E-state index < -0.39 is 0 Å². The van der Waals surface area contributed by atoms with E-state index >= 15 is 0 Å². The van der Waals surface area contributed by atoms with Crippen LogP contribution in [0.1, 0.15) is 40.5 Å². The average molecular weight is 474 g/mol. The van der Waals surface area contributed by atoms with Gasteiger partial charge in [-0.3, -0.25) is 0 Å². The summed E-state index contributed by atoms with van der Waals surface area (Å²) in [6.45, 7) is 10.2. The first-order valence-corrected chi connectivity index (χ1v) is 14.5. The first-order valence-electron chi connectivity index (χ1n) is 8.24. The van der Waals surface area contributed by atoms with Gasteiger partial charge in [-0.2, -0.15) is 0 Å². The predicted octanol–water partition coefficient (Wildman–Crippen LogP) is 2.69. The van der Waals surface area contributed by atoms with Gasteiger partial charge < -0.3 is 0 Å². The fourth-order valence-corrected chi connectivity index (χ4v) is 11.9. The van der Waals surface area contributed by atoms with Crippen molar-refractivity contribution in [2.24, 2.45) is 11.8 Å². The maximum atomic E-state index is 11.3. The van der Waals surface area contributed by atoms with Crippen LogP contribution in [0.25, 0.3) is 0 Å². The zero-order valence-corrected chi connectivity index (χ0v) is 19.0. The molecule has 0 aromatic heterocycles. The molecule has 0 heterocycles. The molecule has 0 unspecified atom stereocenters. The fourth-order valence-electron chi connectivity index (χ4n) is 2.06. The number of hydrogen-bond donors (Lipinski definition) is 2. The van der Waals surface area contributed by atoms with Gasteiger partial charge in [0.15, 0.2) is 0 Å². The predicted molar refractivity (Wildman–Crippen MR) is 98.7 cm³/mol. The number of ether oxygens (including phenoxy) is 2. The van der Waals surface area contributed by atoms with Crippen LogP contribution in [0, 0.1) is 11.8 Å². The third-order valence-corrected chi connectivity index (χ3v) is 13.1. The van der Waals surface area contributed by atoms with E-state index in [1.54, 1.807) is 0 Å². The van der Waals surface area contributed by atoms with E-state index in [-0.39, 0.29) is 12.2 Å². The molecule has 0 aromatic carbocycles. The summed E-state index contributed by atoms with van der Waals surface area (Å²) in [4.78, 5) is 23.6. The van der Waals surface area contributed by atoms with Crippen LogP contribution in [0.15, 0.2) is 0 Å². The number of rotatable bonds is 11. The van der Waals surface area contributed by atoms with E-state index in [1.807, 2.05) is 0 Å². The van der Waals surface area contributed by atoms with Gasteiger partial charge in [-0.15, -0.1) is 0 Å². The van der Waals surface area contributed by atoms with Crippen molar-refractivity contribution in [3.8, 4) is 0 Å². The van der Waals surface area contributed by atoms with E-state index in [0.717, 1.165) is 12.8 Å². The van der Waals surface area contributed by atoms with Crippen LogP contribution in [-0.4, -0.2) is 65.8 Å². The van der Waals surface area contributed by atoms with E-state index in [0.29, 0.717) is 60.8 Å². The van der Waals surface area contributed by atoms with Crippen LogP contribution >= 0.6 is 0 Å². The third-order valence-electron chi connectivity index (χ3n) is 3.12. The summed E-state index contributed by atoms with van der Waals surface area (Å²) < 4.78 is 9.32. The Bertz CT molecular complexity index is 334. The van der Waals surface area contributed by atoms with Gasteiger partial charge in [0.2, 0.25) is 0 Å². The third kappa shape index (κ3) is 12.9. The minimum absolute atomic E-state index is 0.363. The molecule has 24 heavy (non-hydrogen) atoms. The summed E-state index contributed by atoms with van der Waals surface area (Å²) in [7, 11) is 2.78. The Hall–Kier alpha value is -0.421. The Morgan fingerprint density at radius 2 is 1.12 bits per heavy atom. The van der Waals surface area contributed by atoms with Gasteiger partial charge in [-0.1, -0.05) is 0 Å². The van der Waals surface area contributed by atoms with Crippen LogP contribution in [0.5, 0.6) is 0 Å². The number of methoxy groups -OCH3 is 2. The molecule has 0 rings (SSSR count). The molecule has 2 amide bonds. The van der Waals surface area contributed by atoms with Gasteiger partial charge in [0, 0.05) is 0 Å². The summed E-state index contributed by atoms with van der Waals surface area (Å²) in [5.74, 6) is 1.20. The van der Waals surface area contributed by atoms with Crippen molar-refractivity contribution in [2.45, 2.75) is 50.2 Å². The molecule has 142 valence electrons. The molecule has 0 aliphatic carbocycles. The van der Waals surface area contributed by atoms with E-state index in [2.05, 4.69) is 47.8 Å². The van der Waals surface area contributed by atoms with Crippen molar-refractivity contribution in [3.63, 3.8) is 0 Å². The number of nitrogens with one attached hydrogen (secondary N) is 2. The topological polar surface area (TPSA) is 76.7 Å².